The maximum atomic E-state index is 13.3. The standard InChI is InChI=1S/C20H32N2O6/c1-19(2,3)28-18(26)21-13(8-11-6-7-27-10-11)16(23)22-9-12-14(20(12,4)5)15(22)17(24)25/h11-15H,6-10H2,1-5H3,(H,21,26)(H,24,25)/t11?,12-,13-,14-,15-/m0/s1. The fourth-order valence-corrected chi connectivity index (χ4v) is 4.77. The summed E-state index contributed by atoms with van der Waals surface area (Å²) in [6.07, 6.45) is 0.571. The first kappa shape index (κ1) is 20.9. The number of carbonyl (C=O) groups excluding carboxylic acids is 2. The minimum atomic E-state index is -0.980. The third-order valence-corrected chi connectivity index (χ3v) is 6.33. The largest absolute Gasteiger partial charge is 0.480 e. The zero-order valence-electron chi connectivity index (χ0n) is 17.4. The lowest BCUT2D eigenvalue weighted by molar-refractivity contribution is -0.151. The van der Waals surface area contributed by atoms with E-state index in [1.165, 1.54) is 4.90 Å². The molecule has 0 spiro atoms. The van der Waals surface area contributed by atoms with Crippen molar-refractivity contribution < 1.29 is 29.0 Å². The number of rotatable bonds is 5. The molecule has 5 atom stereocenters. The van der Waals surface area contributed by atoms with E-state index >= 15 is 0 Å². The fourth-order valence-electron chi connectivity index (χ4n) is 4.77. The molecule has 1 saturated carbocycles. The lowest BCUT2D eigenvalue weighted by atomic mass is 9.96. The Morgan fingerprint density at radius 1 is 1.32 bits per heavy atom. The number of carboxylic acid groups (broad SMARTS) is 1. The number of likely N-dealkylation sites (tertiary alicyclic amines) is 1. The van der Waals surface area contributed by atoms with Gasteiger partial charge in [-0.05, 0) is 50.9 Å². The monoisotopic (exact) mass is 396 g/mol. The summed E-state index contributed by atoms with van der Waals surface area (Å²) in [5.74, 6) is -1.01. The highest BCUT2D eigenvalue weighted by atomic mass is 16.6. The van der Waals surface area contributed by atoms with Gasteiger partial charge in [-0.15, -0.1) is 0 Å². The molecule has 8 heteroatoms. The van der Waals surface area contributed by atoms with Gasteiger partial charge in [-0.3, -0.25) is 4.79 Å². The van der Waals surface area contributed by atoms with Crippen LogP contribution in [0.2, 0.25) is 0 Å². The topological polar surface area (TPSA) is 105 Å². The van der Waals surface area contributed by atoms with E-state index in [-0.39, 0.29) is 29.1 Å². The van der Waals surface area contributed by atoms with Gasteiger partial charge in [0.25, 0.3) is 0 Å². The molecule has 1 unspecified atom stereocenters. The number of amides is 2. The Morgan fingerprint density at radius 3 is 2.54 bits per heavy atom. The molecule has 28 heavy (non-hydrogen) atoms. The predicted octanol–water partition coefficient (Wildman–Crippen LogP) is 1.87. The van der Waals surface area contributed by atoms with Crippen LogP contribution in [0.4, 0.5) is 4.79 Å². The molecule has 2 amide bonds. The average Bonchev–Trinajstić information content (AvgIpc) is 2.99. The molecular weight excluding hydrogens is 364 g/mol. The van der Waals surface area contributed by atoms with Gasteiger partial charge in [0.15, 0.2) is 0 Å². The summed E-state index contributed by atoms with van der Waals surface area (Å²) in [4.78, 5) is 38.9. The van der Waals surface area contributed by atoms with E-state index in [0.29, 0.717) is 26.2 Å². The second-order valence-electron chi connectivity index (χ2n) is 9.89. The van der Waals surface area contributed by atoms with Crippen molar-refractivity contribution in [2.24, 2.45) is 23.2 Å². The van der Waals surface area contributed by atoms with Crippen LogP contribution in [0.3, 0.4) is 0 Å². The molecule has 2 heterocycles. The summed E-state index contributed by atoms with van der Waals surface area (Å²) >= 11 is 0. The maximum absolute atomic E-state index is 13.3. The molecule has 0 aromatic heterocycles. The minimum Gasteiger partial charge on any atom is -0.480 e. The highest BCUT2D eigenvalue weighted by molar-refractivity contribution is 5.90. The summed E-state index contributed by atoms with van der Waals surface area (Å²) < 4.78 is 10.7. The van der Waals surface area contributed by atoms with Crippen molar-refractivity contribution in [1.82, 2.24) is 10.2 Å². The van der Waals surface area contributed by atoms with E-state index in [1.807, 2.05) is 13.8 Å². The van der Waals surface area contributed by atoms with Gasteiger partial charge in [0.2, 0.25) is 5.91 Å². The van der Waals surface area contributed by atoms with Crippen LogP contribution in [-0.4, -0.2) is 65.4 Å². The summed E-state index contributed by atoms with van der Waals surface area (Å²) in [6, 6.07) is -1.65. The Hall–Kier alpha value is -1.83. The summed E-state index contributed by atoms with van der Waals surface area (Å²) in [6.45, 7) is 11.0. The normalized spacial score (nSPS) is 31.8. The van der Waals surface area contributed by atoms with E-state index < -0.39 is 29.7 Å². The number of fused-ring (bicyclic) bond motifs is 1. The van der Waals surface area contributed by atoms with Gasteiger partial charge in [-0.25, -0.2) is 9.59 Å². The van der Waals surface area contributed by atoms with Gasteiger partial charge in [0.05, 0.1) is 0 Å². The van der Waals surface area contributed by atoms with E-state index in [1.54, 1.807) is 20.8 Å². The molecule has 0 aromatic rings. The Labute approximate surface area is 165 Å². The van der Waals surface area contributed by atoms with Crippen LogP contribution in [-0.2, 0) is 19.1 Å². The SMILES string of the molecule is CC(C)(C)OC(=O)N[C@@H](CC1CCOC1)C(=O)N1C[C@H]2[C@@H]([C@H]1C(=O)O)C2(C)C. The van der Waals surface area contributed by atoms with Crippen molar-refractivity contribution in [2.75, 3.05) is 19.8 Å². The first-order valence-corrected chi connectivity index (χ1v) is 10.0. The van der Waals surface area contributed by atoms with Gasteiger partial charge in [0.1, 0.15) is 17.7 Å². The smallest absolute Gasteiger partial charge is 0.408 e. The minimum absolute atomic E-state index is 0.0362. The summed E-state index contributed by atoms with van der Waals surface area (Å²) in [5, 5.41) is 12.4. The van der Waals surface area contributed by atoms with E-state index in [9.17, 15) is 19.5 Å². The third-order valence-electron chi connectivity index (χ3n) is 6.33. The molecule has 0 radical (unpaired) electrons. The first-order chi connectivity index (χ1) is 12.9. The number of ether oxygens (including phenoxy) is 2. The molecule has 2 N–H and O–H groups in total. The fraction of sp³-hybridized carbons (Fsp3) is 0.850. The number of hydrogen-bond donors (Lipinski definition) is 2. The highest BCUT2D eigenvalue weighted by Crippen LogP contribution is 2.64. The number of hydrogen-bond acceptors (Lipinski definition) is 5. The van der Waals surface area contributed by atoms with Crippen molar-refractivity contribution in [3.8, 4) is 0 Å². The van der Waals surface area contributed by atoms with Crippen molar-refractivity contribution in [2.45, 2.75) is 65.1 Å². The molecular formula is C20H32N2O6. The van der Waals surface area contributed by atoms with Gasteiger partial charge in [-0.1, -0.05) is 13.8 Å². The van der Waals surface area contributed by atoms with Gasteiger partial charge < -0.3 is 24.8 Å². The molecule has 3 aliphatic rings. The number of nitrogens with one attached hydrogen (secondary N) is 1. The molecule has 2 aliphatic heterocycles. The number of piperidine rings is 1. The predicted molar refractivity (Wildman–Crippen MR) is 101 cm³/mol. The van der Waals surface area contributed by atoms with Crippen LogP contribution in [0, 0.1) is 23.2 Å². The van der Waals surface area contributed by atoms with Crippen molar-refractivity contribution in [3.63, 3.8) is 0 Å². The summed E-state index contributed by atoms with van der Waals surface area (Å²) in [7, 11) is 0. The first-order valence-electron chi connectivity index (χ1n) is 10.0. The van der Waals surface area contributed by atoms with Crippen LogP contribution < -0.4 is 5.32 Å². The van der Waals surface area contributed by atoms with E-state index in [0.717, 1.165) is 6.42 Å². The van der Waals surface area contributed by atoms with Crippen LogP contribution in [0.15, 0.2) is 0 Å². The second kappa shape index (κ2) is 7.21. The summed E-state index contributed by atoms with van der Waals surface area (Å²) in [5.41, 5.74) is -0.746. The van der Waals surface area contributed by atoms with Gasteiger partial charge in [-0.2, -0.15) is 0 Å². The maximum Gasteiger partial charge on any atom is 0.408 e. The number of carbonyl (C=O) groups is 3. The lowest BCUT2D eigenvalue weighted by Crippen LogP contribution is -2.54. The molecule has 1 aliphatic carbocycles. The molecule has 158 valence electrons. The number of nitrogens with zero attached hydrogens (tertiary/aromatic N) is 1. The van der Waals surface area contributed by atoms with Crippen LogP contribution in [0.5, 0.6) is 0 Å². The van der Waals surface area contributed by atoms with Crippen LogP contribution >= 0.6 is 0 Å². The number of alkyl carbamates (subject to hydrolysis) is 1. The average molecular weight is 396 g/mol. The molecule has 3 rings (SSSR count). The van der Waals surface area contributed by atoms with Gasteiger partial charge in [0, 0.05) is 25.7 Å². The number of carboxylic acids is 1. The van der Waals surface area contributed by atoms with Crippen molar-refractivity contribution in [1.29, 1.82) is 0 Å². The molecule has 2 saturated heterocycles. The third kappa shape index (κ3) is 4.11. The zero-order chi connectivity index (χ0) is 20.9. The Balaban J connectivity index is 1.74. The van der Waals surface area contributed by atoms with Crippen LogP contribution in [0.25, 0.3) is 0 Å². The molecule has 8 nitrogen and oxygen atoms in total. The molecule has 3 fully saturated rings. The Bertz CT molecular complexity index is 650. The van der Waals surface area contributed by atoms with E-state index in [2.05, 4.69) is 5.32 Å². The lowest BCUT2D eigenvalue weighted by Gasteiger charge is -2.32. The van der Waals surface area contributed by atoms with Crippen LogP contribution in [0.1, 0.15) is 47.5 Å². The zero-order valence-corrected chi connectivity index (χ0v) is 17.4. The van der Waals surface area contributed by atoms with Gasteiger partial charge >= 0.3 is 12.1 Å². The highest BCUT2D eigenvalue weighted by Gasteiger charge is 2.69. The second-order valence-corrected chi connectivity index (χ2v) is 9.89. The number of aliphatic carboxylic acids is 1. The molecule has 0 aromatic carbocycles. The Morgan fingerprint density at radius 2 is 2.00 bits per heavy atom. The van der Waals surface area contributed by atoms with E-state index in [4.69, 9.17) is 9.47 Å². The quantitative estimate of drug-likeness (QED) is 0.735. The van der Waals surface area contributed by atoms with Crippen molar-refractivity contribution >= 4 is 18.0 Å². The van der Waals surface area contributed by atoms with Crippen molar-refractivity contribution in [3.05, 3.63) is 0 Å². The Kier molecular flexibility index (Phi) is 5.38. The molecule has 0 bridgehead atoms.